The molecule has 1 heteroatoms. The quantitative estimate of drug-likeness (QED) is 0.585. The molecule has 0 aliphatic carbocycles. The molecule has 0 aromatic carbocycles. The molecule has 0 amide bonds. The van der Waals surface area contributed by atoms with Crippen LogP contribution in [0.2, 0.25) is 0 Å². The van der Waals surface area contributed by atoms with Crippen LogP contribution in [-0.4, -0.2) is 24.5 Å². The van der Waals surface area contributed by atoms with Crippen LogP contribution in [0.1, 0.15) is 40.5 Å². The Morgan fingerprint density at radius 1 is 1.42 bits per heavy atom. The zero-order valence-electron chi connectivity index (χ0n) is 9.22. The van der Waals surface area contributed by atoms with Gasteiger partial charge in [-0.15, -0.1) is 6.42 Å². The maximum Gasteiger partial charge on any atom is 0.0598 e. The van der Waals surface area contributed by atoms with Gasteiger partial charge in [0.25, 0.3) is 0 Å². The highest BCUT2D eigenvalue weighted by Gasteiger charge is 2.04. The summed E-state index contributed by atoms with van der Waals surface area (Å²) in [4.78, 5) is 2.20. The molecule has 0 aromatic heterocycles. The molecule has 0 rings (SSSR count). The van der Waals surface area contributed by atoms with Crippen LogP contribution in [0.4, 0.5) is 0 Å². The molecular weight excluding hydrogens is 146 g/mol. The summed E-state index contributed by atoms with van der Waals surface area (Å²) in [7, 11) is 2.07. The molecule has 0 aromatic rings. The molecule has 0 saturated heterocycles. The molecule has 0 radical (unpaired) electrons. The molecule has 72 valence electrons. The van der Waals surface area contributed by atoms with Gasteiger partial charge in [-0.2, -0.15) is 0 Å². The highest BCUT2D eigenvalue weighted by molar-refractivity contribution is 4.88. The minimum absolute atomic E-state index is 0.626. The van der Waals surface area contributed by atoms with Gasteiger partial charge in [0.1, 0.15) is 0 Å². The SMILES string of the molecule is C#CCN(C)C(C)CCC.CC. The summed E-state index contributed by atoms with van der Waals surface area (Å²) in [6, 6.07) is 0.626. The average molecular weight is 169 g/mol. The van der Waals surface area contributed by atoms with Gasteiger partial charge in [-0.05, 0) is 20.4 Å². The van der Waals surface area contributed by atoms with Crippen molar-refractivity contribution in [1.29, 1.82) is 0 Å². The average Bonchev–Trinajstić information content (AvgIpc) is 2.09. The van der Waals surface area contributed by atoms with Crippen LogP contribution in [0.3, 0.4) is 0 Å². The molecule has 1 atom stereocenters. The number of rotatable bonds is 4. The largest absolute Gasteiger partial charge is 0.293 e. The minimum Gasteiger partial charge on any atom is -0.293 e. The van der Waals surface area contributed by atoms with Crippen LogP contribution < -0.4 is 0 Å². The second-order valence-electron chi connectivity index (χ2n) is 2.76. The van der Waals surface area contributed by atoms with Gasteiger partial charge < -0.3 is 0 Å². The second-order valence-corrected chi connectivity index (χ2v) is 2.76. The number of hydrogen-bond donors (Lipinski definition) is 0. The van der Waals surface area contributed by atoms with Crippen molar-refractivity contribution in [3.63, 3.8) is 0 Å². The summed E-state index contributed by atoms with van der Waals surface area (Å²) in [6.45, 7) is 9.17. The van der Waals surface area contributed by atoms with Crippen molar-refractivity contribution >= 4 is 0 Å². The van der Waals surface area contributed by atoms with Crippen LogP contribution in [0.5, 0.6) is 0 Å². The molecule has 0 heterocycles. The molecule has 1 nitrogen and oxygen atoms in total. The number of nitrogens with zero attached hydrogens (tertiary/aromatic N) is 1. The molecule has 0 spiro atoms. The van der Waals surface area contributed by atoms with E-state index in [4.69, 9.17) is 6.42 Å². The Labute approximate surface area is 78.2 Å². The normalized spacial score (nSPS) is 11.4. The zero-order chi connectivity index (χ0) is 9.98. The lowest BCUT2D eigenvalue weighted by Crippen LogP contribution is -2.28. The fourth-order valence-electron chi connectivity index (χ4n) is 0.938. The molecule has 0 fully saturated rings. The summed E-state index contributed by atoms with van der Waals surface area (Å²) in [5, 5.41) is 0. The van der Waals surface area contributed by atoms with Crippen molar-refractivity contribution in [3.05, 3.63) is 0 Å². The van der Waals surface area contributed by atoms with Crippen LogP contribution in [-0.2, 0) is 0 Å². The van der Waals surface area contributed by atoms with E-state index in [0.29, 0.717) is 6.04 Å². The topological polar surface area (TPSA) is 3.24 Å². The van der Waals surface area contributed by atoms with E-state index in [2.05, 4.69) is 31.7 Å². The van der Waals surface area contributed by atoms with E-state index in [1.54, 1.807) is 0 Å². The van der Waals surface area contributed by atoms with Gasteiger partial charge in [-0.3, -0.25) is 4.90 Å². The molecule has 1 unspecified atom stereocenters. The van der Waals surface area contributed by atoms with Crippen LogP contribution in [0, 0.1) is 12.3 Å². The lowest BCUT2D eigenvalue weighted by molar-refractivity contribution is 0.273. The van der Waals surface area contributed by atoms with Gasteiger partial charge in [-0.1, -0.05) is 33.1 Å². The Morgan fingerprint density at radius 3 is 2.25 bits per heavy atom. The van der Waals surface area contributed by atoms with Crippen LogP contribution in [0.25, 0.3) is 0 Å². The van der Waals surface area contributed by atoms with Crippen molar-refractivity contribution in [2.75, 3.05) is 13.6 Å². The van der Waals surface area contributed by atoms with Gasteiger partial charge in [0.15, 0.2) is 0 Å². The number of hydrogen-bond acceptors (Lipinski definition) is 1. The van der Waals surface area contributed by atoms with Crippen molar-refractivity contribution in [2.45, 2.75) is 46.6 Å². The molecule has 0 aliphatic heterocycles. The predicted octanol–water partition coefficient (Wildman–Crippen LogP) is 2.77. The predicted molar refractivity (Wildman–Crippen MR) is 57.2 cm³/mol. The van der Waals surface area contributed by atoms with Gasteiger partial charge >= 0.3 is 0 Å². The lowest BCUT2D eigenvalue weighted by atomic mass is 10.2. The number of terminal acetylenes is 1. The van der Waals surface area contributed by atoms with E-state index in [-0.39, 0.29) is 0 Å². The molecule has 12 heavy (non-hydrogen) atoms. The summed E-state index contributed by atoms with van der Waals surface area (Å²) in [5.41, 5.74) is 0. The highest BCUT2D eigenvalue weighted by atomic mass is 15.1. The third-order valence-electron chi connectivity index (χ3n) is 1.80. The van der Waals surface area contributed by atoms with E-state index in [1.807, 2.05) is 13.8 Å². The van der Waals surface area contributed by atoms with Gasteiger partial charge in [0.05, 0.1) is 6.54 Å². The van der Waals surface area contributed by atoms with Crippen LogP contribution in [0.15, 0.2) is 0 Å². The smallest absolute Gasteiger partial charge is 0.0598 e. The fourth-order valence-corrected chi connectivity index (χ4v) is 0.938. The third-order valence-corrected chi connectivity index (χ3v) is 1.80. The van der Waals surface area contributed by atoms with E-state index < -0.39 is 0 Å². The molecule has 0 bridgehead atoms. The summed E-state index contributed by atoms with van der Waals surface area (Å²) < 4.78 is 0. The first kappa shape index (κ1) is 14.1. The van der Waals surface area contributed by atoms with E-state index in [1.165, 1.54) is 12.8 Å². The van der Waals surface area contributed by atoms with Crippen LogP contribution >= 0.6 is 0 Å². The van der Waals surface area contributed by atoms with Gasteiger partial charge in [0, 0.05) is 6.04 Å². The first-order valence-corrected chi connectivity index (χ1v) is 4.86. The maximum atomic E-state index is 5.17. The Morgan fingerprint density at radius 2 is 1.92 bits per heavy atom. The molecular formula is C11H23N. The maximum absolute atomic E-state index is 5.17. The first-order valence-electron chi connectivity index (χ1n) is 4.86. The second kappa shape index (κ2) is 10.5. The van der Waals surface area contributed by atoms with Crippen molar-refractivity contribution in [1.82, 2.24) is 4.90 Å². The summed E-state index contributed by atoms with van der Waals surface area (Å²) >= 11 is 0. The van der Waals surface area contributed by atoms with Crippen molar-refractivity contribution in [2.24, 2.45) is 0 Å². The summed E-state index contributed by atoms with van der Waals surface area (Å²) in [5.74, 6) is 2.63. The Hall–Kier alpha value is -0.480. The lowest BCUT2D eigenvalue weighted by Gasteiger charge is -2.21. The molecule has 0 N–H and O–H groups in total. The third kappa shape index (κ3) is 7.63. The van der Waals surface area contributed by atoms with Gasteiger partial charge in [-0.25, -0.2) is 0 Å². The molecule has 0 saturated carbocycles. The van der Waals surface area contributed by atoms with E-state index >= 15 is 0 Å². The van der Waals surface area contributed by atoms with Gasteiger partial charge in [0.2, 0.25) is 0 Å². The first-order chi connectivity index (χ1) is 5.72. The molecule has 0 aliphatic rings. The van der Waals surface area contributed by atoms with E-state index in [0.717, 1.165) is 6.54 Å². The zero-order valence-corrected chi connectivity index (χ0v) is 9.22. The monoisotopic (exact) mass is 169 g/mol. The van der Waals surface area contributed by atoms with Crippen molar-refractivity contribution < 1.29 is 0 Å². The Balaban J connectivity index is 0. The minimum atomic E-state index is 0.626. The Kier molecular flexibility index (Phi) is 12.3. The highest BCUT2D eigenvalue weighted by Crippen LogP contribution is 2.02. The van der Waals surface area contributed by atoms with E-state index in [9.17, 15) is 0 Å². The fraction of sp³-hybridized carbons (Fsp3) is 0.818. The van der Waals surface area contributed by atoms with Crippen molar-refractivity contribution in [3.8, 4) is 12.3 Å². The standard InChI is InChI=1S/C9H17N.C2H6/c1-5-7-9(3)10(4)8-6-2;1-2/h2,9H,5,7-8H2,1,3-4H3;1-2H3. The summed E-state index contributed by atoms with van der Waals surface area (Å²) in [6.07, 6.45) is 7.64. The Bertz CT molecular complexity index is 113.